The Kier molecular flexibility index (Phi) is 7.96. The average Bonchev–Trinajstić information content (AvgIpc) is 2.16. The third-order valence-electron chi connectivity index (χ3n) is 2.09. The van der Waals surface area contributed by atoms with Crippen molar-refractivity contribution in [2.24, 2.45) is 0 Å². The Balaban J connectivity index is 3.64. The van der Waals surface area contributed by atoms with Crippen molar-refractivity contribution >= 4 is 5.97 Å². The molecule has 2 N–H and O–H groups in total. The summed E-state index contributed by atoms with van der Waals surface area (Å²) in [5, 5.41) is 11.6. The van der Waals surface area contributed by atoms with E-state index in [2.05, 4.69) is 18.2 Å². The first-order valence-corrected chi connectivity index (χ1v) is 5.12. The summed E-state index contributed by atoms with van der Waals surface area (Å²) < 4.78 is 0. The average molecular weight is 197 g/mol. The first kappa shape index (κ1) is 13.0. The van der Waals surface area contributed by atoms with E-state index in [9.17, 15) is 4.79 Å². The summed E-state index contributed by atoms with van der Waals surface area (Å²) in [6, 6.07) is -0.483. The zero-order valence-electron chi connectivity index (χ0n) is 8.75. The van der Waals surface area contributed by atoms with Gasteiger partial charge in [0.15, 0.2) is 0 Å². The predicted octanol–water partition coefficient (Wildman–Crippen LogP) is 1.63. The zero-order chi connectivity index (χ0) is 10.8. The highest BCUT2D eigenvalue weighted by atomic mass is 16.4. The minimum Gasteiger partial charge on any atom is -0.480 e. The molecule has 0 saturated heterocycles. The first-order valence-electron chi connectivity index (χ1n) is 5.12. The lowest BCUT2D eigenvalue weighted by molar-refractivity contribution is -0.139. The fourth-order valence-electron chi connectivity index (χ4n) is 1.27. The lowest BCUT2D eigenvalue weighted by Crippen LogP contribution is -2.36. The summed E-state index contributed by atoms with van der Waals surface area (Å²) in [6.07, 6.45) is 10.1. The summed E-state index contributed by atoms with van der Waals surface area (Å²) in [6.45, 7) is 2.45. The first-order chi connectivity index (χ1) is 6.72. The van der Waals surface area contributed by atoms with Gasteiger partial charge in [0.1, 0.15) is 6.04 Å². The third-order valence-corrected chi connectivity index (χ3v) is 2.09. The highest BCUT2D eigenvalue weighted by Gasteiger charge is 2.14. The lowest BCUT2D eigenvalue weighted by Gasteiger charge is -2.11. The van der Waals surface area contributed by atoms with E-state index < -0.39 is 12.0 Å². The molecule has 0 saturated carbocycles. The number of rotatable bonds is 8. The Morgan fingerprint density at radius 1 is 1.50 bits per heavy atom. The molecule has 14 heavy (non-hydrogen) atoms. The van der Waals surface area contributed by atoms with Crippen LogP contribution in [0.3, 0.4) is 0 Å². The van der Waals surface area contributed by atoms with Gasteiger partial charge in [0.2, 0.25) is 0 Å². The van der Waals surface area contributed by atoms with Crippen LogP contribution in [0.5, 0.6) is 0 Å². The van der Waals surface area contributed by atoms with Gasteiger partial charge in [-0.2, -0.15) is 0 Å². The maximum absolute atomic E-state index is 10.7. The largest absolute Gasteiger partial charge is 0.480 e. The second-order valence-corrected chi connectivity index (χ2v) is 3.33. The molecule has 0 aromatic carbocycles. The van der Waals surface area contributed by atoms with Crippen LogP contribution in [0, 0.1) is 12.3 Å². The van der Waals surface area contributed by atoms with Crippen molar-refractivity contribution in [3.05, 3.63) is 0 Å². The van der Waals surface area contributed by atoms with E-state index in [1.807, 2.05) is 0 Å². The monoisotopic (exact) mass is 197 g/mol. The van der Waals surface area contributed by atoms with Crippen molar-refractivity contribution in [1.82, 2.24) is 5.32 Å². The highest BCUT2D eigenvalue weighted by Crippen LogP contribution is 2.05. The fourth-order valence-corrected chi connectivity index (χ4v) is 1.27. The topological polar surface area (TPSA) is 49.3 Å². The molecule has 0 aliphatic carbocycles. The number of carbonyl (C=O) groups is 1. The maximum atomic E-state index is 10.7. The van der Waals surface area contributed by atoms with Crippen LogP contribution in [0.4, 0.5) is 0 Å². The van der Waals surface area contributed by atoms with Crippen LogP contribution < -0.4 is 5.32 Å². The van der Waals surface area contributed by atoms with Gasteiger partial charge in [-0.1, -0.05) is 38.5 Å². The fraction of sp³-hybridized carbons (Fsp3) is 0.727. The molecule has 0 heterocycles. The molecule has 0 bridgehead atoms. The van der Waals surface area contributed by atoms with Gasteiger partial charge in [0.25, 0.3) is 0 Å². The van der Waals surface area contributed by atoms with Crippen LogP contribution in [0.15, 0.2) is 0 Å². The van der Waals surface area contributed by atoms with Crippen LogP contribution in [0.25, 0.3) is 0 Å². The van der Waals surface area contributed by atoms with Crippen molar-refractivity contribution in [1.29, 1.82) is 0 Å². The molecule has 0 spiro atoms. The van der Waals surface area contributed by atoms with Gasteiger partial charge < -0.3 is 5.11 Å². The molecule has 3 nitrogen and oxygen atoms in total. The number of nitrogens with one attached hydrogen (secondary N) is 1. The molecular weight excluding hydrogens is 178 g/mol. The third kappa shape index (κ3) is 6.50. The van der Waals surface area contributed by atoms with Gasteiger partial charge in [-0.05, 0) is 6.42 Å². The number of hydrogen-bond donors (Lipinski definition) is 2. The molecule has 0 radical (unpaired) electrons. The van der Waals surface area contributed by atoms with Crippen LogP contribution in [-0.4, -0.2) is 23.7 Å². The Morgan fingerprint density at radius 2 is 2.21 bits per heavy atom. The number of unbranched alkanes of at least 4 members (excludes halogenated alkanes) is 3. The quantitative estimate of drug-likeness (QED) is 0.459. The number of aliphatic carboxylic acids is 1. The normalized spacial score (nSPS) is 12.0. The molecule has 0 aliphatic heterocycles. The van der Waals surface area contributed by atoms with Crippen LogP contribution >= 0.6 is 0 Å². The summed E-state index contributed by atoms with van der Waals surface area (Å²) in [4.78, 5) is 10.7. The van der Waals surface area contributed by atoms with Gasteiger partial charge in [-0.15, -0.1) is 6.42 Å². The number of hydrogen-bond acceptors (Lipinski definition) is 2. The Morgan fingerprint density at radius 3 is 2.71 bits per heavy atom. The minimum absolute atomic E-state index is 0.324. The molecular formula is C11H19NO2. The molecule has 0 rings (SSSR count). The molecule has 1 unspecified atom stereocenters. The van der Waals surface area contributed by atoms with Gasteiger partial charge in [0.05, 0.1) is 6.54 Å². The van der Waals surface area contributed by atoms with Crippen molar-refractivity contribution in [2.75, 3.05) is 6.54 Å². The Hall–Kier alpha value is -1.01. The van der Waals surface area contributed by atoms with Gasteiger partial charge in [0, 0.05) is 0 Å². The Bertz CT molecular complexity index is 196. The van der Waals surface area contributed by atoms with E-state index in [-0.39, 0.29) is 0 Å². The SMILES string of the molecule is C#CCNC(CCCCCC)C(=O)O. The molecule has 0 aromatic heterocycles. The van der Waals surface area contributed by atoms with Crippen LogP contribution in [-0.2, 0) is 4.79 Å². The molecule has 3 heteroatoms. The van der Waals surface area contributed by atoms with Crippen molar-refractivity contribution < 1.29 is 9.90 Å². The number of carboxylic acids is 1. The van der Waals surface area contributed by atoms with Gasteiger partial charge >= 0.3 is 5.97 Å². The molecule has 1 atom stereocenters. The van der Waals surface area contributed by atoms with Crippen LogP contribution in [0.1, 0.15) is 39.0 Å². The summed E-state index contributed by atoms with van der Waals surface area (Å²) in [5.74, 6) is 1.57. The molecule has 0 fully saturated rings. The molecule has 80 valence electrons. The van der Waals surface area contributed by atoms with Crippen molar-refractivity contribution in [3.63, 3.8) is 0 Å². The maximum Gasteiger partial charge on any atom is 0.320 e. The summed E-state index contributed by atoms with van der Waals surface area (Å²) in [5.41, 5.74) is 0. The van der Waals surface area contributed by atoms with Gasteiger partial charge in [-0.3, -0.25) is 10.1 Å². The van der Waals surface area contributed by atoms with E-state index in [1.165, 1.54) is 6.42 Å². The van der Waals surface area contributed by atoms with Crippen LogP contribution in [0.2, 0.25) is 0 Å². The molecule has 0 amide bonds. The highest BCUT2D eigenvalue weighted by molar-refractivity contribution is 5.73. The van der Waals surface area contributed by atoms with Crippen molar-refractivity contribution in [2.45, 2.75) is 45.1 Å². The Labute approximate surface area is 85.9 Å². The van der Waals surface area contributed by atoms with Gasteiger partial charge in [-0.25, -0.2) is 0 Å². The molecule has 0 aromatic rings. The zero-order valence-corrected chi connectivity index (χ0v) is 8.75. The van der Waals surface area contributed by atoms with E-state index >= 15 is 0 Å². The smallest absolute Gasteiger partial charge is 0.320 e. The number of terminal acetylenes is 1. The minimum atomic E-state index is -0.809. The molecule has 0 aliphatic rings. The summed E-state index contributed by atoms with van der Waals surface area (Å²) in [7, 11) is 0. The lowest BCUT2D eigenvalue weighted by atomic mass is 10.1. The van der Waals surface area contributed by atoms with E-state index in [4.69, 9.17) is 11.5 Å². The van der Waals surface area contributed by atoms with E-state index in [0.29, 0.717) is 13.0 Å². The van der Waals surface area contributed by atoms with Crippen molar-refractivity contribution in [3.8, 4) is 12.3 Å². The second kappa shape index (κ2) is 8.58. The number of carboxylic acid groups (broad SMARTS) is 1. The summed E-state index contributed by atoms with van der Waals surface area (Å²) >= 11 is 0. The van der Waals surface area contributed by atoms with E-state index in [1.54, 1.807) is 0 Å². The predicted molar refractivity (Wildman–Crippen MR) is 57.0 cm³/mol. The standard InChI is InChI=1S/C11H19NO2/c1-3-5-6-7-8-10(11(13)14)12-9-4-2/h2,10,12H,3,5-9H2,1H3,(H,13,14). The second-order valence-electron chi connectivity index (χ2n) is 3.33. The van der Waals surface area contributed by atoms with E-state index in [0.717, 1.165) is 19.3 Å².